The van der Waals surface area contributed by atoms with Crippen molar-refractivity contribution in [2.75, 3.05) is 5.73 Å². The van der Waals surface area contributed by atoms with Gasteiger partial charge in [-0.25, -0.2) is 9.97 Å². The van der Waals surface area contributed by atoms with E-state index in [-0.39, 0.29) is 0 Å². The normalized spacial score (nSPS) is 10.5. The van der Waals surface area contributed by atoms with Crippen LogP contribution in [-0.4, -0.2) is 9.97 Å². The third-order valence-electron chi connectivity index (χ3n) is 2.40. The Balaban J connectivity index is 2.13. The summed E-state index contributed by atoms with van der Waals surface area (Å²) in [7, 11) is 0. The van der Waals surface area contributed by atoms with Gasteiger partial charge in [-0.3, -0.25) is 0 Å². The third kappa shape index (κ3) is 2.90. The van der Waals surface area contributed by atoms with Gasteiger partial charge in [-0.1, -0.05) is 29.8 Å². The monoisotopic (exact) mass is 265 g/mol. The number of aromatic nitrogens is 2. The molecule has 17 heavy (non-hydrogen) atoms. The molecule has 0 unspecified atom stereocenters. The molecule has 1 aromatic heterocycles. The number of hydrogen-bond donors (Lipinski definition) is 1. The van der Waals surface area contributed by atoms with Gasteiger partial charge in [0.2, 0.25) is 0 Å². The van der Waals surface area contributed by atoms with Crippen LogP contribution < -0.4 is 5.73 Å². The minimum atomic E-state index is 0.529. The van der Waals surface area contributed by atoms with Gasteiger partial charge in [0.15, 0.2) is 0 Å². The predicted molar refractivity (Wildman–Crippen MR) is 72.2 cm³/mol. The smallest absolute Gasteiger partial charge is 0.130 e. The van der Waals surface area contributed by atoms with Crippen LogP contribution >= 0.6 is 23.4 Å². The maximum absolute atomic E-state index is 6.09. The van der Waals surface area contributed by atoms with Gasteiger partial charge in [0.1, 0.15) is 17.2 Å². The molecule has 2 aromatic rings. The summed E-state index contributed by atoms with van der Waals surface area (Å²) in [6, 6.07) is 7.79. The number of hydrogen-bond acceptors (Lipinski definition) is 4. The van der Waals surface area contributed by atoms with Gasteiger partial charge in [-0.2, -0.15) is 0 Å². The van der Waals surface area contributed by atoms with E-state index in [1.54, 1.807) is 11.8 Å². The Labute approximate surface area is 109 Å². The molecule has 5 heteroatoms. The van der Waals surface area contributed by atoms with E-state index in [0.717, 1.165) is 26.9 Å². The first-order valence-electron chi connectivity index (χ1n) is 5.11. The Morgan fingerprint density at radius 2 is 2.06 bits per heavy atom. The van der Waals surface area contributed by atoms with E-state index in [0.29, 0.717) is 5.82 Å². The Bertz CT molecular complexity index is 531. The Hall–Kier alpha value is -1.26. The van der Waals surface area contributed by atoms with Crippen molar-refractivity contribution >= 4 is 29.2 Å². The Kier molecular flexibility index (Phi) is 3.86. The summed E-state index contributed by atoms with van der Waals surface area (Å²) in [5, 5.41) is 1.68. The van der Waals surface area contributed by atoms with Crippen LogP contribution in [0.25, 0.3) is 0 Å². The first-order chi connectivity index (χ1) is 8.18. The van der Waals surface area contributed by atoms with Crippen molar-refractivity contribution in [3.05, 3.63) is 46.7 Å². The molecule has 1 heterocycles. The minimum absolute atomic E-state index is 0.529. The Morgan fingerprint density at radius 1 is 1.29 bits per heavy atom. The van der Waals surface area contributed by atoms with Crippen molar-refractivity contribution in [1.82, 2.24) is 9.97 Å². The van der Waals surface area contributed by atoms with Crippen LogP contribution in [0, 0.1) is 6.92 Å². The van der Waals surface area contributed by atoms with Gasteiger partial charge in [0, 0.05) is 16.3 Å². The van der Waals surface area contributed by atoms with Gasteiger partial charge >= 0.3 is 0 Å². The Morgan fingerprint density at radius 3 is 2.82 bits per heavy atom. The van der Waals surface area contributed by atoms with E-state index in [2.05, 4.69) is 9.97 Å². The molecule has 0 aliphatic carbocycles. The van der Waals surface area contributed by atoms with Crippen LogP contribution in [0.5, 0.6) is 0 Å². The van der Waals surface area contributed by atoms with Gasteiger partial charge < -0.3 is 5.73 Å². The maximum Gasteiger partial charge on any atom is 0.130 e. The maximum atomic E-state index is 6.09. The summed E-state index contributed by atoms with van der Waals surface area (Å²) in [5.41, 5.74) is 7.74. The summed E-state index contributed by atoms with van der Waals surface area (Å²) in [5.74, 6) is 1.30. The second-order valence-electron chi connectivity index (χ2n) is 3.57. The van der Waals surface area contributed by atoms with Crippen molar-refractivity contribution < 1.29 is 0 Å². The molecule has 1 aromatic carbocycles. The lowest BCUT2D eigenvalue weighted by atomic mass is 10.2. The van der Waals surface area contributed by atoms with Crippen molar-refractivity contribution in [2.24, 2.45) is 0 Å². The van der Waals surface area contributed by atoms with Gasteiger partial charge in [0.25, 0.3) is 0 Å². The van der Waals surface area contributed by atoms with Crippen LogP contribution in [0.1, 0.15) is 11.1 Å². The van der Waals surface area contributed by atoms with E-state index in [1.165, 1.54) is 6.33 Å². The van der Waals surface area contributed by atoms with Crippen molar-refractivity contribution in [3.63, 3.8) is 0 Å². The van der Waals surface area contributed by atoms with E-state index in [9.17, 15) is 0 Å². The third-order valence-corrected chi connectivity index (χ3v) is 3.91. The highest BCUT2D eigenvalue weighted by atomic mass is 35.5. The number of rotatable bonds is 3. The molecule has 0 atom stereocenters. The summed E-state index contributed by atoms with van der Waals surface area (Å²) < 4.78 is 0. The molecule has 2 rings (SSSR count). The number of anilines is 1. The number of nitrogen functional groups attached to an aromatic ring is 1. The van der Waals surface area contributed by atoms with Crippen LogP contribution in [0.3, 0.4) is 0 Å². The average molecular weight is 266 g/mol. The molecule has 0 saturated carbocycles. The summed E-state index contributed by atoms with van der Waals surface area (Å²) in [6.07, 6.45) is 1.48. The van der Waals surface area contributed by atoms with Crippen LogP contribution in [0.4, 0.5) is 5.82 Å². The van der Waals surface area contributed by atoms with Gasteiger partial charge in [0.05, 0.1) is 0 Å². The van der Waals surface area contributed by atoms with Gasteiger partial charge in [-0.15, -0.1) is 11.8 Å². The zero-order valence-electron chi connectivity index (χ0n) is 9.35. The topological polar surface area (TPSA) is 51.8 Å². The summed E-state index contributed by atoms with van der Waals surface area (Å²) >= 11 is 7.70. The molecule has 0 fully saturated rings. The molecular formula is C12H12ClN3S. The average Bonchev–Trinajstić information content (AvgIpc) is 2.33. The zero-order chi connectivity index (χ0) is 12.3. The van der Waals surface area contributed by atoms with Crippen molar-refractivity contribution in [3.8, 4) is 0 Å². The second-order valence-corrected chi connectivity index (χ2v) is 4.94. The zero-order valence-corrected chi connectivity index (χ0v) is 10.9. The first kappa shape index (κ1) is 12.2. The second kappa shape index (κ2) is 5.38. The fraction of sp³-hybridized carbons (Fsp3) is 0.167. The molecule has 0 bridgehead atoms. The molecule has 0 aliphatic heterocycles. The lowest BCUT2D eigenvalue weighted by Crippen LogP contribution is -1.97. The van der Waals surface area contributed by atoms with E-state index < -0.39 is 0 Å². The van der Waals surface area contributed by atoms with Crippen molar-refractivity contribution in [2.45, 2.75) is 17.7 Å². The molecular weight excluding hydrogens is 254 g/mol. The molecule has 0 spiro atoms. The number of halogens is 1. The van der Waals surface area contributed by atoms with Crippen molar-refractivity contribution in [1.29, 1.82) is 0 Å². The van der Waals surface area contributed by atoms with Crippen LogP contribution in [0.2, 0.25) is 5.02 Å². The highest BCUT2D eigenvalue weighted by molar-refractivity contribution is 7.98. The number of nitrogens with two attached hydrogens (primary N) is 1. The number of benzene rings is 1. The molecule has 0 saturated heterocycles. The van der Waals surface area contributed by atoms with E-state index in [4.69, 9.17) is 17.3 Å². The number of thioether (sulfide) groups is 1. The van der Waals surface area contributed by atoms with E-state index >= 15 is 0 Å². The first-order valence-corrected chi connectivity index (χ1v) is 6.48. The lowest BCUT2D eigenvalue weighted by molar-refractivity contribution is 1.01. The standard InChI is InChI=1S/C12H12ClN3S/c1-8-11(14)15-7-16-12(8)17-6-9-4-2-3-5-10(9)13/h2-5,7H,6H2,1H3,(H2,14,15,16). The minimum Gasteiger partial charge on any atom is -0.383 e. The fourth-order valence-electron chi connectivity index (χ4n) is 1.35. The fourth-order valence-corrected chi connectivity index (χ4v) is 2.62. The lowest BCUT2D eigenvalue weighted by Gasteiger charge is -2.06. The predicted octanol–water partition coefficient (Wildman–Crippen LogP) is 3.31. The molecule has 0 radical (unpaired) electrons. The largest absolute Gasteiger partial charge is 0.383 e. The SMILES string of the molecule is Cc1c(N)ncnc1SCc1ccccc1Cl. The van der Waals surface area contributed by atoms with Gasteiger partial charge in [-0.05, 0) is 18.6 Å². The highest BCUT2D eigenvalue weighted by Gasteiger charge is 2.06. The van der Waals surface area contributed by atoms with Crippen LogP contribution in [0.15, 0.2) is 35.6 Å². The molecule has 0 amide bonds. The van der Waals surface area contributed by atoms with E-state index in [1.807, 2.05) is 31.2 Å². The molecule has 3 nitrogen and oxygen atoms in total. The summed E-state index contributed by atoms with van der Waals surface area (Å²) in [4.78, 5) is 8.15. The molecule has 2 N–H and O–H groups in total. The highest BCUT2D eigenvalue weighted by Crippen LogP contribution is 2.28. The quantitative estimate of drug-likeness (QED) is 0.683. The molecule has 0 aliphatic rings. The number of nitrogens with zero attached hydrogens (tertiary/aromatic N) is 2. The molecule has 88 valence electrons. The summed E-state index contributed by atoms with van der Waals surface area (Å²) in [6.45, 7) is 1.92. The van der Waals surface area contributed by atoms with Crippen LogP contribution in [-0.2, 0) is 5.75 Å².